The molecule has 1 N–H and O–H groups in total. The Morgan fingerprint density at radius 1 is 1.29 bits per heavy atom. The van der Waals surface area contributed by atoms with E-state index in [1.807, 2.05) is 20.8 Å². The smallest absolute Gasteiger partial charge is 0.289 e. The van der Waals surface area contributed by atoms with Crippen LogP contribution in [-0.2, 0) is 12.1 Å². The minimum absolute atomic E-state index is 0.00819. The molecule has 0 unspecified atom stereocenters. The van der Waals surface area contributed by atoms with Crippen LogP contribution in [0.1, 0.15) is 26.3 Å². The van der Waals surface area contributed by atoms with Crippen LogP contribution in [0.2, 0.25) is 5.02 Å². The largest absolute Gasteiger partial charge is 0.454 e. The molecular formula is C15H17ClN2O3. The van der Waals surface area contributed by atoms with Crippen LogP contribution in [0.25, 0.3) is 0 Å². The Balaban J connectivity index is 2.33. The maximum atomic E-state index is 12.2. The van der Waals surface area contributed by atoms with Gasteiger partial charge >= 0.3 is 0 Å². The fourth-order valence-electron chi connectivity index (χ4n) is 1.76. The molecule has 5 nitrogen and oxygen atoms in total. The molecule has 1 aromatic heterocycles. The van der Waals surface area contributed by atoms with Crippen LogP contribution in [0.4, 0.5) is 0 Å². The summed E-state index contributed by atoms with van der Waals surface area (Å²) >= 11 is 6.07. The molecule has 112 valence electrons. The Morgan fingerprint density at radius 3 is 2.43 bits per heavy atom. The second-order valence-electron chi connectivity index (χ2n) is 5.61. The van der Waals surface area contributed by atoms with E-state index >= 15 is 0 Å². The molecule has 0 atom stereocenters. The predicted octanol–water partition coefficient (Wildman–Crippen LogP) is 2.94. The lowest BCUT2D eigenvalue weighted by atomic mass is 10.1. The first-order valence-electron chi connectivity index (χ1n) is 6.49. The van der Waals surface area contributed by atoms with Crippen LogP contribution in [-0.4, -0.2) is 14.9 Å². The Labute approximate surface area is 127 Å². The third-order valence-corrected chi connectivity index (χ3v) is 3.20. The van der Waals surface area contributed by atoms with Crippen LogP contribution >= 0.6 is 11.6 Å². The van der Waals surface area contributed by atoms with Gasteiger partial charge in [-0.15, -0.1) is 0 Å². The summed E-state index contributed by atoms with van der Waals surface area (Å²) in [6.07, 6.45) is 1.43. The number of halogens is 1. The number of aromatic nitrogens is 2. The first kappa shape index (κ1) is 15.5. The SMILES string of the molecule is CC(C)(C)n1ncc(Oc2ccc(CO)cc2)c(Cl)c1=O. The van der Waals surface area contributed by atoms with Crippen molar-refractivity contribution in [2.75, 3.05) is 0 Å². The lowest BCUT2D eigenvalue weighted by Gasteiger charge is -2.21. The summed E-state index contributed by atoms with van der Waals surface area (Å²) in [5.74, 6) is 0.725. The third kappa shape index (κ3) is 3.43. The van der Waals surface area contributed by atoms with Crippen molar-refractivity contribution in [1.82, 2.24) is 9.78 Å². The molecule has 21 heavy (non-hydrogen) atoms. The number of hydrogen-bond donors (Lipinski definition) is 1. The second-order valence-corrected chi connectivity index (χ2v) is 5.99. The summed E-state index contributed by atoms with van der Waals surface area (Å²) in [7, 11) is 0. The van der Waals surface area contributed by atoms with Crippen LogP contribution < -0.4 is 10.3 Å². The van der Waals surface area contributed by atoms with Crippen LogP contribution in [0.15, 0.2) is 35.3 Å². The molecular weight excluding hydrogens is 292 g/mol. The molecule has 1 aromatic carbocycles. The number of aliphatic hydroxyl groups excluding tert-OH is 1. The zero-order valence-corrected chi connectivity index (χ0v) is 12.9. The van der Waals surface area contributed by atoms with Gasteiger partial charge in [0.1, 0.15) is 5.75 Å². The van der Waals surface area contributed by atoms with E-state index in [-0.39, 0.29) is 17.4 Å². The molecule has 6 heteroatoms. The van der Waals surface area contributed by atoms with Gasteiger partial charge < -0.3 is 9.84 Å². The molecule has 0 bridgehead atoms. The van der Waals surface area contributed by atoms with Gasteiger partial charge in [-0.2, -0.15) is 5.10 Å². The van der Waals surface area contributed by atoms with E-state index in [4.69, 9.17) is 21.4 Å². The second kappa shape index (κ2) is 5.87. The lowest BCUT2D eigenvalue weighted by Crippen LogP contribution is -2.36. The number of hydrogen-bond acceptors (Lipinski definition) is 4. The average molecular weight is 309 g/mol. The molecule has 0 fully saturated rings. The first-order chi connectivity index (χ1) is 9.82. The molecule has 2 rings (SSSR count). The van der Waals surface area contributed by atoms with Gasteiger partial charge in [0.05, 0.1) is 18.3 Å². The van der Waals surface area contributed by atoms with E-state index in [0.29, 0.717) is 5.75 Å². The highest BCUT2D eigenvalue weighted by Gasteiger charge is 2.20. The summed E-state index contributed by atoms with van der Waals surface area (Å²) in [6.45, 7) is 5.56. The highest BCUT2D eigenvalue weighted by atomic mass is 35.5. The van der Waals surface area contributed by atoms with Crippen molar-refractivity contribution in [1.29, 1.82) is 0 Å². The molecule has 0 radical (unpaired) electrons. The van der Waals surface area contributed by atoms with Crippen LogP contribution in [0.3, 0.4) is 0 Å². The summed E-state index contributed by atoms with van der Waals surface area (Å²) in [6, 6.07) is 6.84. The zero-order chi connectivity index (χ0) is 15.6. The van der Waals surface area contributed by atoms with Crippen molar-refractivity contribution in [3.05, 3.63) is 51.4 Å². The fraction of sp³-hybridized carbons (Fsp3) is 0.333. The molecule has 1 heterocycles. The van der Waals surface area contributed by atoms with Gasteiger partial charge in [-0.25, -0.2) is 4.68 Å². The lowest BCUT2D eigenvalue weighted by molar-refractivity contribution is 0.281. The molecule has 0 saturated carbocycles. The topological polar surface area (TPSA) is 64.3 Å². The summed E-state index contributed by atoms with van der Waals surface area (Å²) in [4.78, 5) is 12.2. The van der Waals surface area contributed by atoms with Crippen molar-refractivity contribution in [2.24, 2.45) is 0 Å². The molecule has 0 aliphatic heterocycles. The van der Waals surface area contributed by atoms with Gasteiger partial charge in [-0.3, -0.25) is 4.79 Å². The van der Waals surface area contributed by atoms with Crippen molar-refractivity contribution >= 4 is 11.6 Å². The fourth-order valence-corrected chi connectivity index (χ4v) is 1.92. The maximum Gasteiger partial charge on any atom is 0.289 e. The van der Waals surface area contributed by atoms with Crippen LogP contribution in [0.5, 0.6) is 11.5 Å². The Hall–Kier alpha value is -1.85. The molecule has 0 aliphatic rings. The van der Waals surface area contributed by atoms with Gasteiger partial charge in [0.25, 0.3) is 5.56 Å². The van der Waals surface area contributed by atoms with Crippen molar-refractivity contribution in [3.63, 3.8) is 0 Å². The Morgan fingerprint density at radius 2 is 1.90 bits per heavy atom. The average Bonchev–Trinajstić information content (AvgIpc) is 2.43. The van der Waals surface area contributed by atoms with E-state index < -0.39 is 11.1 Å². The van der Waals surface area contributed by atoms with Gasteiger partial charge in [0.15, 0.2) is 10.8 Å². The number of nitrogens with zero attached hydrogens (tertiary/aromatic N) is 2. The number of ether oxygens (including phenoxy) is 1. The van der Waals surface area contributed by atoms with Crippen molar-refractivity contribution in [3.8, 4) is 11.5 Å². The molecule has 0 spiro atoms. The molecule has 0 aliphatic carbocycles. The van der Waals surface area contributed by atoms with E-state index in [0.717, 1.165) is 5.56 Å². The van der Waals surface area contributed by atoms with Crippen LogP contribution in [0, 0.1) is 0 Å². The summed E-state index contributed by atoms with van der Waals surface area (Å²) in [5, 5.41) is 13.1. The van der Waals surface area contributed by atoms with E-state index in [2.05, 4.69) is 5.10 Å². The van der Waals surface area contributed by atoms with Gasteiger partial charge in [-0.1, -0.05) is 23.7 Å². The van der Waals surface area contributed by atoms with Crippen molar-refractivity contribution < 1.29 is 9.84 Å². The van der Waals surface area contributed by atoms with E-state index in [1.54, 1.807) is 24.3 Å². The number of benzene rings is 1. The monoisotopic (exact) mass is 308 g/mol. The Kier molecular flexibility index (Phi) is 4.34. The molecule has 0 amide bonds. The standard InChI is InChI=1S/C15H17ClN2O3/c1-15(2,3)18-14(20)13(16)12(8-17-18)21-11-6-4-10(9-19)5-7-11/h4-8,19H,9H2,1-3H3. The minimum atomic E-state index is -0.456. The third-order valence-electron chi connectivity index (χ3n) is 2.86. The Bertz CT molecular complexity index is 688. The maximum absolute atomic E-state index is 12.2. The molecule has 2 aromatic rings. The minimum Gasteiger partial charge on any atom is -0.454 e. The number of rotatable bonds is 3. The predicted molar refractivity (Wildman–Crippen MR) is 80.9 cm³/mol. The first-order valence-corrected chi connectivity index (χ1v) is 6.86. The quantitative estimate of drug-likeness (QED) is 0.947. The van der Waals surface area contributed by atoms with E-state index in [1.165, 1.54) is 10.9 Å². The van der Waals surface area contributed by atoms with Gasteiger partial charge in [-0.05, 0) is 38.5 Å². The van der Waals surface area contributed by atoms with Gasteiger partial charge in [0, 0.05) is 0 Å². The highest BCUT2D eigenvalue weighted by Crippen LogP contribution is 2.26. The normalized spacial score (nSPS) is 11.5. The highest BCUT2D eigenvalue weighted by molar-refractivity contribution is 6.31. The summed E-state index contributed by atoms with van der Waals surface area (Å²) in [5.41, 5.74) is -0.0782. The number of aliphatic hydroxyl groups is 1. The zero-order valence-electron chi connectivity index (χ0n) is 12.1. The van der Waals surface area contributed by atoms with E-state index in [9.17, 15) is 4.79 Å². The molecule has 0 saturated heterocycles. The van der Waals surface area contributed by atoms with Gasteiger partial charge in [0.2, 0.25) is 0 Å². The van der Waals surface area contributed by atoms with Crippen molar-refractivity contribution in [2.45, 2.75) is 32.9 Å². The summed E-state index contributed by atoms with van der Waals surface area (Å²) < 4.78 is 6.88.